The van der Waals surface area contributed by atoms with Crippen LogP contribution in [0.1, 0.15) is 16.7 Å². The standard InChI is InChI=1S/C21H21O4P.C7H6N4O3S2.Na/c1-16-4-10-19(11-5-16)23-26(22,24-20-12-6-17(2)7-13-20)25-21-14-8-18(3)9-15-21;12-16(13,14)6-3-1-2-5(4-6)11-7(15)8-9-10-11;/h4-15H,1-3H3;1-4H,(H,8,10,15)(H,12,13,14);/q;;+1/p-1. The fourth-order valence-corrected chi connectivity index (χ4v) is 5.33. The van der Waals surface area contributed by atoms with E-state index >= 15 is 0 Å². The molecule has 0 amide bonds. The van der Waals surface area contributed by atoms with Gasteiger partial charge in [0.05, 0.1) is 10.6 Å². The maximum Gasteiger partial charge on any atom is 1.00 e. The maximum absolute atomic E-state index is 13.3. The zero-order valence-corrected chi connectivity index (χ0v) is 28.2. The van der Waals surface area contributed by atoms with Crippen LogP contribution in [0.2, 0.25) is 0 Å². The minimum atomic E-state index is -4.48. The Balaban J connectivity index is 0.000000256. The molecule has 5 aromatic rings. The quantitative estimate of drug-likeness (QED) is 0.115. The number of aromatic nitrogens is 4. The third kappa shape index (κ3) is 10.1. The van der Waals surface area contributed by atoms with Crippen LogP contribution in [-0.4, -0.2) is 33.2 Å². The van der Waals surface area contributed by atoms with E-state index in [1.54, 1.807) is 42.5 Å². The fourth-order valence-electron chi connectivity index (χ4n) is 3.38. The van der Waals surface area contributed by atoms with Crippen LogP contribution in [0.3, 0.4) is 0 Å². The number of rotatable bonds is 8. The predicted molar refractivity (Wildman–Crippen MR) is 158 cm³/mol. The van der Waals surface area contributed by atoms with Gasteiger partial charge in [-0.05, 0) is 87.6 Å². The van der Waals surface area contributed by atoms with Gasteiger partial charge in [-0.15, -0.1) is 0 Å². The van der Waals surface area contributed by atoms with Crippen molar-refractivity contribution in [2.24, 2.45) is 0 Å². The third-order valence-corrected chi connectivity index (χ3v) is 7.95. The number of nitrogens with one attached hydrogen (secondary N) is 1. The number of hydrogen-bond donors (Lipinski definition) is 1. The third-order valence-electron chi connectivity index (χ3n) is 5.55. The minimum absolute atomic E-state index is 0. The normalized spacial score (nSPS) is 11.0. The smallest absolute Gasteiger partial charge is 0.744 e. The number of benzene rings is 4. The van der Waals surface area contributed by atoms with Crippen molar-refractivity contribution in [3.63, 3.8) is 0 Å². The van der Waals surface area contributed by atoms with Crippen LogP contribution < -0.4 is 43.1 Å². The van der Waals surface area contributed by atoms with Crippen molar-refractivity contribution in [2.45, 2.75) is 25.7 Å². The van der Waals surface area contributed by atoms with Gasteiger partial charge in [0.25, 0.3) is 0 Å². The van der Waals surface area contributed by atoms with E-state index in [1.165, 1.54) is 22.9 Å². The summed E-state index contributed by atoms with van der Waals surface area (Å²) in [6.07, 6.45) is 0. The van der Waals surface area contributed by atoms with Gasteiger partial charge in [0, 0.05) is 0 Å². The van der Waals surface area contributed by atoms with Crippen LogP contribution in [0, 0.1) is 25.5 Å². The second kappa shape index (κ2) is 14.9. The molecule has 15 heteroatoms. The molecule has 0 bridgehead atoms. The van der Waals surface area contributed by atoms with Crippen LogP contribution in [0.4, 0.5) is 0 Å². The van der Waals surface area contributed by atoms with Crippen molar-refractivity contribution in [3.8, 4) is 22.9 Å². The van der Waals surface area contributed by atoms with Crippen molar-refractivity contribution < 1.29 is 60.7 Å². The number of aryl methyl sites for hydroxylation is 3. The number of phosphoric acid groups is 1. The number of tetrazole rings is 1. The van der Waals surface area contributed by atoms with Crippen molar-refractivity contribution in [1.29, 1.82) is 0 Å². The van der Waals surface area contributed by atoms with Gasteiger partial charge in [0.15, 0.2) is 0 Å². The second-order valence-electron chi connectivity index (χ2n) is 9.03. The molecule has 0 atom stereocenters. The van der Waals surface area contributed by atoms with Crippen LogP contribution in [-0.2, 0) is 14.7 Å². The Morgan fingerprint density at radius 1 is 0.767 bits per heavy atom. The van der Waals surface area contributed by atoms with Gasteiger partial charge < -0.3 is 18.1 Å². The minimum Gasteiger partial charge on any atom is -0.744 e. The molecule has 5 rings (SSSR count). The second-order valence-corrected chi connectivity index (χ2v) is 12.2. The molecular formula is C28H26N4NaO7PS2. The average Bonchev–Trinajstić information content (AvgIpc) is 3.38. The number of aromatic amines is 1. The molecule has 43 heavy (non-hydrogen) atoms. The number of H-pyrrole nitrogens is 1. The van der Waals surface area contributed by atoms with Crippen molar-refractivity contribution in [1.82, 2.24) is 20.2 Å². The monoisotopic (exact) mass is 648 g/mol. The number of phosphoric ester groups is 1. The molecule has 0 aliphatic carbocycles. The Kier molecular flexibility index (Phi) is 11.9. The van der Waals surface area contributed by atoms with Gasteiger partial charge in [-0.25, -0.2) is 13.1 Å². The number of hydrogen-bond acceptors (Lipinski definition) is 10. The first-order valence-corrected chi connectivity index (χ1v) is 15.6. The summed E-state index contributed by atoms with van der Waals surface area (Å²) in [6.45, 7) is 5.90. The van der Waals surface area contributed by atoms with Gasteiger partial charge in [0.2, 0.25) is 4.77 Å². The van der Waals surface area contributed by atoms with Crippen LogP contribution >= 0.6 is 20.0 Å². The molecule has 1 heterocycles. The fraction of sp³-hybridized carbons (Fsp3) is 0.107. The summed E-state index contributed by atoms with van der Waals surface area (Å²) < 4.78 is 64.1. The van der Waals surface area contributed by atoms with E-state index < -0.39 is 17.9 Å². The Hall–Kier alpha value is -3.29. The summed E-state index contributed by atoms with van der Waals surface area (Å²) in [4.78, 5) is -0.332. The molecule has 0 saturated carbocycles. The van der Waals surface area contributed by atoms with Crippen LogP contribution in [0.15, 0.2) is 102 Å². The molecule has 1 aromatic heterocycles. The van der Waals surface area contributed by atoms with E-state index in [4.69, 9.17) is 25.8 Å². The van der Waals surface area contributed by atoms with Gasteiger partial charge in [-0.3, -0.25) is 0 Å². The first-order valence-electron chi connectivity index (χ1n) is 12.4. The molecule has 0 spiro atoms. The maximum atomic E-state index is 13.3. The van der Waals surface area contributed by atoms with Gasteiger partial charge in [-0.2, -0.15) is 9.78 Å². The van der Waals surface area contributed by atoms with E-state index in [9.17, 15) is 17.5 Å². The molecule has 0 unspecified atom stereocenters. The molecule has 218 valence electrons. The molecule has 0 radical (unpaired) electrons. The molecule has 4 aromatic carbocycles. The molecule has 0 aliphatic heterocycles. The summed E-state index contributed by atoms with van der Waals surface area (Å²) in [6, 6.07) is 27.1. The zero-order chi connectivity index (χ0) is 30.3. The summed E-state index contributed by atoms with van der Waals surface area (Å²) in [5.41, 5.74) is 3.61. The Morgan fingerprint density at radius 2 is 1.19 bits per heavy atom. The molecule has 11 nitrogen and oxygen atoms in total. The summed E-state index contributed by atoms with van der Waals surface area (Å²) in [5, 5.41) is 9.43. The molecule has 0 saturated heterocycles. The summed E-state index contributed by atoms with van der Waals surface area (Å²) >= 11 is 4.83. The average molecular weight is 649 g/mol. The summed E-state index contributed by atoms with van der Waals surface area (Å²) in [5.74, 6) is 1.24. The molecule has 1 N–H and O–H groups in total. The molecule has 0 aliphatic rings. The Labute approximate surface area is 276 Å². The van der Waals surface area contributed by atoms with Gasteiger partial charge >= 0.3 is 37.4 Å². The SMILES string of the molecule is Cc1ccc(OP(=O)(Oc2ccc(C)cc2)Oc2ccc(C)cc2)cc1.O=S(=O)([O-])c1cccc(-n2[nH]nnc2=S)c1.[Na+]. The molecule has 0 fully saturated rings. The van der Waals surface area contributed by atoms with E-state index in [2.05, 4.69) is 15.5 Å². The van der Waals surface area contributed by atoms with E-state index in [0.717, 1.165) is 16.7 Å². The van der Waals surface area contributed by atoms with Crippen LogP contribution in [0.25, 0.3) is 5.69 Å². The first kappa shape index (κ1) is 34.2. The van der Waals surface area contributed by atoms with Gasteiger partial charge in [0.1, 0.15) is 27.4 Å². The number of nitrogens with zero attached hydrogens (tertiary/aromatic N) is 3. The van der Waals surface area contributed by atoms with Crippen LogP contribution in [0.5, 0.6) is 17.2 Å². The Morgan fingerprint density at radius 3 is 1.53 bits per heavy atom. The van der Waals surface area contributed by atoms with Gasteiger partial charge in [-0.1, -0.05) is 69.5 Å². The predicted octanol–water partition coefficient (Wildman–Crippen LogP) is 3.49. The largest absolute Gasteiger partial charge is 1.00 e. The van der Waals surface area contributed by atoms with E-state index in [-0.39, 0.29) is 39.2 Å². The zero-order valence-electron chi connectivity index (χ0n) is 23.7. The van der Waals surface area contributed by atoms with E-state index in [0.29, 0.717) is 22.9 Å². The van der Waals surface area contributed by atoms with Crippen molar-refractivity contribution >= 4 is 30.2 Å². The molecular weight excluding hydrogens is 622 g/mol. The topological polar surface area (TPSA) is 148 Å². The van der Waals surface area contributed by atoms with E-state index in [1.807, 2.05) is 57.2 Å². The Bertz CT molecular complexity index is 1740. The van der Waals surface area contributed by atoms with Crippen molar-refractivity contribution in [2.75, 3.05) is 0 Å². The van der Waals surface area contributed by atoms with Crippen molar-refractivity contribution in [3.05, 3.63) is 119 Å². The summed E-state index contributed by atoms with van der Waals surface area (Å²) in [7, 11) is -8.41. The first-order chi connectivity index (χ1) is 19.9.